The Kier molecular flexibility index (Phi) is 5.77. The van der Waals surface area contributed by atoms with Crippen molar-refractivity contribution >= 4 is 29.6 Å². The van der Waals surface area contributed by atoms with Gasteiger partial charge in [0.2, 0.25) is 5.91 Å². The number of carboxylic acids is 1. The molecule has 0 heterocycles. The lowest BCUT2D eigenvalue weighted by Gasteiger charge is -2.16. The van der Waals surface area contributed by atoms with Gasteiger partial charge < -0.3 is 10.4 Å². The van der Waals surface area contributed by atoms with Gasteiger partial charge in [-0.15, -0.1) is 0 Å². The first-order chi connectivity index (χ1) is 9.31. The van der Waals surface area contributed by atoms with E-state index in [-0.39, 0.29) is 5.92 Å². The van der Waals surface area contributed by atoms with E-state index >= 15 is 0 Å². The number of hydrogen-bond donors (Lipinski definition) is 2. The largest absolute Gasteiger partial charge is 0.480 e. The number of halogens is 1. The molecule has 2 N–H and O–H groups in total. The molecule has 4 nitrogen and oxygen atoms in total. The molecule has 108 valence electrons. The van der Waals surface area contributed by atoms with Crippen LogP contribution in [-0.4, -0.2) is 23.0 Å². The third-order valence-corrected chi connectivity index (χ3v) is 3.26. The molecular weight excluding hydrogens is 278 g/mol. The molecule has 0 unspecified atom stereocenters. The van der Waals surface area contributed by atoms with Gasteiger partial charge in [-0.3, -0.25) is 4.79 Å². The van der Waals surface area contributed by atoms with Crippen LogP contribution in [0.5, 0.6) is 0 Å². The minimum atomic E-state index is -1.04. The standard InChI is InChI=1S/C15H18ClNO3/c1-9(2)14(15(19)20)17-13(18)7-6-11-5-4-10(3)12(16)8-11/h4-9,14H,1-3H3,(H,17,18)(H,19,20)/b7-6+/t14-/m0/s1. The summed E-state index contributed by atoms with van der Waals surface area (Å²) in [6.07, 6.45) is 2.90. The van der Waals surface area contributed by atoms with E-state index in [0.29, 0.717) is 5.02 Å². The predicted octanol–water partition coefficient (Wildman–Crippen LogP) is 2.89. The van der Waals surface area contributed by atoms with Crippen LogP contribution in [0.3, 0.4) is 0 Å². The Morgan fingerprint density at radius 1 is 1.35 bits per heavy atom. The minimum Gasteiger partial charge on any atom is -0.480 e. The Labute approximate surface area is 123 Å². The van der Waals surface area contributed by atoms with E-state index in [1.165, 1.54) is 6.08 Å². The summed E-state index contributed by atoms with van der Waals surface area (Å²) >= 11 is 5.98. The summed E-state index contributed by atoms with van der Waals surface area (Å²) in [4.78, 5) is 22.7. The zero-order valence-electron chi connectivity index (χ0n) is 11.7. The lowest BCUT2D eigenvalue weighted by atomic mass is 10.0. The van der Waals surface area contributed by atoms with Gasteiger partial charge in [0.25, 0.3) is 0 Å². The summed E-state index contributed by atoms with van der Waals surface area (Å²) in [5.74, 6) is -1.67. The van der Waals surface area contributed by atoms with Crippen LogP contribution in [0, 0.1) is 12.8 Å². The number of carbonyl (C=O) groups excluding carboxylic acids is 1. The number of nitrogens with one attached hydrogen (secondary N) is 1. The molecule has 1 rings (SSSR count). The van der Waals surface area contributed by atoms with Crippen LogP contribution in [0.4, 0.5) is 0 Å². The van der Waals surface area contributed by atoms with Crippen LogP contribution >= 0.6 is 11.6 Å². The monoisotopic (exact) mass is 295 g/mol. The van der Waals surface area contributed by atoms with Gasteiger partial charge >= 0.3 is 5.97 Å². The molecule has 0 aliphatic rings. The van der Waals surface area contributed by atoms with Crippen molar-refractivity contribution in [2.45, 2.75) is 26.8 Å². The Morgan fingerprint density at radius 2 is 2.00 bits per heavy atom. The van der Waals surface area contributed by atoms with Gasteiger partial charge in [-0.25, -0.2) is 4.79 Å². The molecule has 1 atom stereocenters. The summed E-state index contributed by atoms with van der Waals surface area (Å²) in [5.41, 5.74) is 1.74. The number of carboxylic acid groups (broad SMARTS) is 1. The Morgan fingerprint density at radius 3 is 2.50 bits per heavy atom. The van der Waals surface area contributed by atoms with Gasteiger partial charge in [-0.1, -0.05) is 37.6 Å². The number of aliphatic carboxylic acids is 1. The molecule has 0 aliphatic heterocycles. The van der Waals surface area contributed by atoms with Crippen molar-refractivity contribution in [3.63, 3.8) is 0 Å². The van der Waals surface area contributed by atoms with Gasteiger partial charge in [-0.05, 0) is 36.1 Å². The van der Waals surface area contributed by atoms with E-state index in [0.717, 1.165) is 11.1 Å². The van der Waals surface area contributed by atoms with Gasteiger partial charge in [-0.2, -0.15) is 0 Å². The van der Waals surface area contributed by atoms with E-state index in [4.69, 9.17) is 16.7 Å². The van der Waals surface area contributed by atoms with E-state index in [2.05, 4.69) is 5.32 Å². The van der Waals surface area contributed by atoms with Crippen LogP contribution in [0.25, 0.3) is 6.08 Å². The fourth-order valence-electron chi connectivity index (χ4n) is 1.60. The summed E-state index contributed by atoms with van der Waals surface area (Å²) < 4.78 is 0. The first-order valence-corrected chi connectivity index (χ1v) is 6.66. The first kappa shape index (κ1) is 16.2. The lowest BCUT2D eigenvalue weighted by Crippen LogP contribution is -2.43. The quantitative estimate of drug-likeness (QED) is 0.821. The number of amides is 1. The second kappa shape index (κ2) is 7.10. The van der Waals surface area contributed by atoms with Crippen molar-refractivity contribution in [2.75, 3.05) is 0 Å². The smallest absolute Gasteiger partial charge is 0.326 e. The van der Waals surface area contributed by atoms with Gasteiger partial charge in [0.15, 0.2) is 0 Å². The molecule has 0 radical (unpaired) electrons. The van der Waals surface area contributed by atoms with Crippen molar-refractivity contribution in [3.05, 3.63) is 40.4 Å². The number of rotatable bonds is 5. The zero-order valence-corrected chi connectivity index (χ0v) is 12.4. The van der Waals surface area contributed by atoms with Crippen LogP contribution in [0.15, 0.2) is 24.3 Å². The number of hydrogen-bond acceptors (Lipinski definition) is 2. The zero-order chi connectivity index (χ0) is 15.3. The highest BCUT2D eigenvalue weighted by atomic mass is 35.5. The molecule has 0 saturated carbocycles. The number of aryl methyl sites for hydroxylation is 1. The highest BCUT2D eigenvalue weighted by Gasteiger charge is 2.22. The molecular formula is C15H18ClNO3. The summed E-state index contributed by atoms with van der Waals surface area (Å²) in [6.45, 7) is 5.37. The van der Waals surface area contributed by atoms with Crippen molar-refractivity contribution in [1.82, 2.24) is 5.32 Å². The molecule has 5 heteroatoms. The number of carbonyl (C=O) groups is 2. The Hall–Kier alpha value is -1.81. The maximum absolute atomic E-state index is 11.7. The molecule has 1 aromatic rings. The molecule has 1 amide bonds. The SMILES string of the molecule is Cc1ccc(/C=C/C(=O)N[C@H](C(=O)O)C(C)C)cc1Cl. The molecule has 0 spiro atoms. The Bertz CT molecular complexity index is 538. The lowest BCUT2D eigenvalue weighted by molar-refractivity contribution is -0.142. The first-order valence-electron chi connectivity index (χ1n) is 6.28. The topological polar surface area (TPSA) is 66.4 Å². The highest BCUT2D eigenvalue weighted by Crippen LogP contribution is 2.17. The molecule has 1 aromatic carbocycles. The molecule has 0 saturated heterocycles. The van der Waals surface area contributed by atoms with Crippen LogP contribution in [-0.2, 0) is 9.59 Å². The molecule has 0 fully saturated rings. The average molecular weight is 296 g/mol. The fraction of sp³-hybridized carbons (Fsp3) is 0.333. The van der Waals surface area contributed by atoms with Crippen LogP contribution in [0.2, 0.25) is 5.02 Å². The summed E-state index contributed by atoms with van der Waals surface area (Å²) in [5, 5.41) is 12.1. The van der Waals surface area contributed by atoms with Crippen molar-refractivity contribution < 1.29 is 14.7 Å². The molecule has 0 aromatic heterocycles. The average Bonchev–Trinajstić information content (AvgIpc) is 2.36. The molecule has 20 heavy (non-hydrogen) atoms. The molecule has 0 bridgehead atoms. The maximum Gasteiger partial charge on any atom is 0.326 e. The van der Waals surface area contributed by atoms with Crippen molar-refractivity contribution in [2.24, 2.45) is 5.92 Å². The van der Waals surface area contributed by atoms with Crippen LogP contribution < -0.4 is 5.32 Å². The number of benzene rings is 1. The molecule has 0 aliphatic carbocycles. The van der Waals surface area contributed by atoms with E-state index < -0.39 is 17.9 Å². The second-order valence-electron chi connectivity index (χ2n) is 4.91. The van der Waals surface area contributed by atoms with E-state index in [1.54, 1.807) is 26.0 Å². The summed E-state index contributed by atoms with van der Waals surface area (Å²) in [6, 6.07) is 4.54. The maximum atomic E-state index is 11.7. The third kappa shape index (κ3) is 4.70. The van der Waals surface area contributed by atoms with E-state index in [1.807, 2.05) is 19.1 Å². The second-order valence-corrected chi connectivity index (χ2v) is 5.32. The van der Waals surface area contributed by atoms with Gasteiger partial charge in [0.1, 0.15) is 6.04 Å². The highest BCUT2D eigenvalue weighted by molar-refractivity contribution is 6.31. The normalized spacial score (nSPS) is 12.7. The van der Waals surface area contributed by atoms with Crippen LogP contribution in [0.1, 0.15) is 25.0 Å². The van der Waals surface area contributed by atoms with Crippen molar-refractivity contribution in [1.29, 1.82) is 0 Å². The van der Waals surface area contributed by atoms with E-state index in [9.17, 15) is 9.59 Å². The summed E-state index contributed by atoms with van der Waals surface area (Å²) in [7, 11) is 0. The van der Waals surface area contributed by atoms with Crippen molar-refractivity contribution in [3.8, 4) is 0 Å². The Balaban J connectivity index is 2.72. The third-order valence-electron chi connectivity index (χ3n) is 2.85. The minimum absolute atomic E-state index is 0.182. The van der Waals surface area contributed by atoms with Gasteiger partial charge in [0.05, 0.1) is 0 Å². The predicted molar refractivity (Wildman–Crippen MR) is 79.6 cm³/mol. The fourth-order valence-corrected chi connectivity index (χ4v) is 1.79. The van der Waals surface area contributed by atoms with Gasteiger partial charge in [0, 0.05) is 11.1 Å².